The van der Waals surface area contributed by atoms with Gasteiger partial charge in [-0.3, -0.25) is 9.78 Å². The van der Waals surface area contributed by atoms with Gasteiger partial charge < -0.3 is 19.5 Å². The lowest BCUT2D eigenvalue weighted by atomic mass is 9.97. The number of hydrogen-bond donors (Lipinski definition) is 1. The van der Waals surface area contributed by atoms with E-state index in [0.29, 0.717) is 11.7 Å². The molecule has 1 aromatic carbocycles. The van der Waals surface area contributed by atoms with Crippen LogP contribution in [0.25, 0.3) is 5.69 Å². The predicted molar refractivity (Wildman–Crippen MR) is 132 cm³/mol. The maximum Gasteiger partial charge on any atom is 0.325 e. The van der Waals surface area contributed by atoms with Crippen LogP contribution in [0.5, 0.6) is 0 Å². The number of pyridine rings is 1. The summed E-state index contributed by atoms with van der Waals surface area (Å²) >= 11 is 9.34. The van der Waals surface area contributed by atoms with E-state index in [4.69, 9.17) is 17.0 Å². The first kappa shape index (κ1) is 22.5. The van der Waals surface area contributed by atoms with Gasteiger partial charge in [-0.25, -0.2) is 0 Å². The SMILES string of the molecule is CCOC(=O)CN1C(=S)N[C@@H](c2ccccn2)[C@H]1c1cc(C)n(-c2ccccc2Br)c1C. The third-order valence-corrected chi connectivity index (χ3v) is 6.71. The zero-order valence-electron chi connectivity index (χ0n) is 18.2. The number of halogens is 1. The van der Waals surface area contributed by atoms with Crippen LogP contribution in [-0.4, -0.2) is 38.7 Å². The molecule has 0 spiro atoms. The van der Waals surface area contributed by atoms with E-state index in [1.165, 1.54) is 0 Å². The predicted octanol–water partition coefficient (Wildman–Crippen LogP) is 4.79. The molecule has 1 saturated heterocycles. The first-order chi connectivity index (χ1) is 15.4. The van der Waals surface area contributed by atoms with Crippen molar-refractivity contribution in [3.63, 3.8) is 0 Å². The van der Waals surface area contributed by atoms with E-state index in [1.54, 1.807) is 13.1 Å². The number of hydrogen-bond acceptors (Lipinski definition) is 4. The fourth-order valence-electron chi connectivity index (χ4n) is 4.35. The number of nitrogens with zero attached hydrogens (tertiary/aromatic N) is 3. The van der Waals surface area contributed by atoms with Gasteiger partial charge in [0.05, 0.1) is 30.1 Å². The molecule has 2 atom stereocenters. The number of rotatable bonds is 6. The molecule has 0 aliphatic carbocycles. The summed E-state index contributed by atoms with van der Waals surface area (Å²) in [5.74, 6) is -0.303. The Morgan fingerprint density at radius 1 is 1.22 bits per heavy atom. The van der Waals surface area contributed by atoms with Gasteiger partial charge in [0.15, 0.2) is 5.11 Å². The molecule has 0 radical (unpaired) electrons. The van der Waals surface area contributed by atoms with Crippen molar-refractivity contribution in [2.75, 3.05) is 13.2 Å². The third kappa shape index (κ3) is 4.17. The Labute approximate surface area is 201 Å². The highest BCUT2D eigenvalue weighted by Gasteiger charge is 2.42. The molecule has 6 nitrogen and oxygen atoms in total. The van der Waals surface area contributed by atoms with E-state index in [1.807, 2.05) is 41.3 Å². The Morgan fingerprint density at radius 2 is 1.97 bits per heavy atom. The van der Waals surface area contributed by atoms with Crippen LogP contribution in [0.4, 0.5) is 0 Å². The zero-order chi connectivity index (χ0) is 22.8. The number of carbonyl (C=O) groups is 1. The highest BCUT2D eigenvalue weighted by Crippen LogP contribution is 2.41. The minimum Gasteiger partial charge on any atom is -0.465 e. The Bertz CT molecular complexity index is 1150. The number of para-hydroxylation sites is 1. The van der Waals surface area contributed by atoms with E-state index < -0.39 is 0 Å². The van der Waals surface area contributed by atoms with Crippen LogP contribution in [0.15, 0.2) is 59.2 Å². The largest absolute Gasteiger partial charge is 0.465 e. The number of esters is 1. The first-order valence-corrected chi connectivity index (χ1v) is 11.7. The third-order valence-electron chi connectivity index (χ3n) is 5.68. The molecule has 166 valence electrons. The van der Waals surface area contributed by atoms with Gasteiger partial charge in [0, 0.05) is 22.1 Å². The van der Waals surface area contributed by atoms with Gasteiger partial charge in [0.1, 0.15) is 6.54 Å². The summed E-state index contributed by atoms with van der Waals surface area (Å²) in [6.45, 7) is 6.39. The summed E-state index contributed by atoms with van der Waals surface area (Å²) < 4.78 is 8.46. The van der Waals surface area contributed by atoms with Crippen molar-refractivity contribution in [1.29, 1.82) is 0 Å². The Hall–Kier alpha value is -2.71. The van der Waals surface area contributed by atoms with Crippen molar-refractivity contribution in [3.05, 3.63) is 81.8 Å². The van der Waals surface area contributed by atoms with Crippen molar-refractivity contribution in [1.82, 2.24) is 19.8 Å². The van der Waals surface area contributed by atoms with Crippen LogP contribution in [0.3, 0.4) is 0 Å². The van der Waals surface area contributed by atoms with Crippen molar-refractivity contribution in [2.45, 2.75) is 32.9 Å². The van der Waals surface area contributed by atoms with E-state index >= 15 is 0 Å². The quantitative estimate of drug-likeness (QED) is 0.378. The van der Waals surface area contributed by atoms with E-state index in [2.05, 4.69) is 56.8 Å². The molecule has 8 heteroatoms. The van der Waals surface area contributed by atoms with Gasteiger partial charge in [-0.2, -0.15) is 0 Å². The minimum absolute atomic E-state index is 0.0758. The molecule has 0 amide bonds. The van der Waals surface area contributed by atoms with Gasteiger partial charge in [-0.1, -0.05) is 18.2 Å². The van der Waals surface area contributed by atoms with Gasteiger partial charge in [0.25, 0.3) is 0 Å². The smallest absolute Gasteiger partial charge is 0.325 e. The summed E-state index contributed by atoms with van der Waals surface area (Å²) in [6.07, 6.45) is 1.77. The summed E-state index contributed by atoms with van der Waals surface area (Å²) in [4.78, 5) is 18.9. The molecular formula is C24H25BrN4O2S. The molecule has 1 fully saturated rings. The van der Waals surface area contributed by atoms with Crippen molar-refractivity contribution >= 4 is 39.2 Å². The lowest BCUT2D eigenvalue weighted by Gasteiger charge is -2.27. The highest BCUT2D eigenvalue weighted by atomic mass is 79.9. The Morgan fingerprint density at radius 3 is 2.66 bits per heavy atom. The maximum absolute atomic E-state index is 12.4. The molecule has 0 unspecified atom stereocenters. The molecule has 1 aliphatic rings. The fraction of sp³-hybridized carbons (Fsp3) is 0.292. The molecular weight excluding hydrogens is 488 g/mol. The molecule has 32 heavy (non-hydrogen) atoms. The molecule has 0 bridgehead atoms. The molecule has 4 rings (SSSR count). The average Bonchev–Trinajstić information content (AvgIpc) is 3.25. The van der Waals surface area contributed by atoms with Crippen molar-refractivity contribution in [2.24, 2.45) is 0 Å². The van der Waals surface area contributed by atoms with Crippen LogP contribution in [0, 0.1) is 13.8 Å². The zero-order valence-corrected chi connectivity index (χ0v) is 20.6. The normalized spacial score (nSPS) is 18.0. The molecule has 1 aliphatic heterocycles. The number of aromatic nitrogens is 2. The molecule has 3 heterocycles. The summed E-state index contributed by atoms with van der Waals surface area (Å²) in [7, 11) is 0. The minimum atomic E-state index is -0.303. The van der Waals surface area contributed by atoms with Crippen LogP contribution in [0.1, 0.15) is 41.7 Å². The summed E-state index contributed by atoms with van der Waals surface area (Å²) in [5, 5.41) is 3.91. The summed E-state index contributed by atoms with van der Waals surface area (Å²) in [5.41, 5.74) is 5.20. The standard InChI is InChI=1S/C24H25BrN4O2S/c1-4-31-21(30)14-28-23(22(27-24(28)32)19-10-7-8-12-26-19)17-13-15(2)29(16(17)3)20-11-6-5-9-18(20)25/h5-13,22-23H,4,14H2,1-3H3,(H,27,32)/t22-,23+/m0/s1. The van der Waals surface area contributed by atoms with Crippen molar-refractivity contribution in [3.8, 4) is 5.69 Å². The molecule has 0 saturated carbocycles. The second-order valence-electron chi connectivity index (χ2n) is 7.67. The number of ether oxygens (including phenoxy) is 1. The average molecular weight is 513 g/mol. The maximum atomic E-state index is 12.4. The topological polar surface area (TPSA) is 59.4 Å². The molecule has 2 aromatic heterocycles. The molecule has 1 N–H and O–H groups in total. The number of nitrogens with one attached hydrogen (secondary N) is 1. The Balaban J connectivity index is 1.83. The number of thiocarbonyl (C=S) groups is 1. The molecule has 3 aromatic rings. The van der Waals surface area contributed by atoms with E-state index in [9.17, 15) is 4.79 Å². The van der Waals surface area contributed by atoms with Gasteiger partial charge in [-0.15, -0.1) is 0 Å². The van der Waals surface area contributed by atoms with E-state index in [0.717, 1.165) is 32.8 Å². The Kier molecular flexibility index (Phi) is 6.62. The number of aryl methyl sites for hydroxylation is 1. The van der Waals surface area contributed by atoms with E-state index in [-0.39, 0.29) is 24.6 Å². The fourth-order valence-corrected chi connectivity index (χ4v) is 5.12. The lowest BCUT2D eigenvalue weighted by Crippen LogP contribution is -2.35. The van der Waals surface area contributed by atoms with Gasteiger partial charge in [-0.05, 0) is 84.8 Å². The van der Waals surface area contributed by atoms with Gasteiger partial charge >= 0.3 is 5.97 Å². The lowest BCUT2D eigenvalue weighted by molar-refractivity contribution is -0.143. The second-order valence-corrected chi connectivity index (χ2v) is 8.91. The summed E-state index contributed by atoms with van der Waals surface area (Å²) in [6, 6.07) is 15.7. The van der Waals surface area contributed by atoms with Crippen LogP contribution in [-0.2, 0) is 9.53 Å². The van der Waals surface area contributed by atoms with Gasteiger partial charge in [0.2, 0.25) is 0 Å². The first-order valence-electron chi connectivity index (χ1n) is 10.5. The van der Waals surface area contributed by atoms with Crippen LogP contribution >= 0.6 is 28.1 Å². The van der Waals surface area contributed by atoms with Crippen molar-refractivity contribution < 1.29 is 9.53 Å². The highest BCUT2D eigenvalue weighted by molar-refractivity contribution is 9.10. The number of carbonyl (C=O) groups excluding carboxylic acids is 1. The monoisotopic (exact) mass is 512 g/mol. The number of benzene rings is 1. The van der Waals surface area contributed by atoms with Crippen LogP contribution in [0.2, 0.25) is 0 Å². The second kappa shape index (κ2) is 9.42. The van der Waals surface area contributed by atoms with Crippen LogP contribution < -0.4 is 5.32 Å².